The molecule has 0 saturated carbocycles. The van der Waals surface area contributed by atoms with Crippen molar-refractivity contribution in [1.82, 2.24) is 10.2 Å². The van der Waals surface area contributed by atoms with Gasteiger partial charge in [-0.3, -0.25) is 4.79 Å². The van der Waals surface area contributed by atoms with Gasteiger partial charge < -0.3 is 15.3 Å². The van der Waals surface area contributed by atoms with Crippen molar-refractivity contribution in [2.24, 2.45) is 11.8 Å². The number of carbonyl (C=O) groups excluding carboxylic acids is 1. The van der Waals surface area contributed by atoms with Crippen molar-refractivity contribution in [1.29, 1.82) is 0 Å². The number of allylic oxidation sites excluding steroid dienone is 1. The van der Waals surface area contributed by atoms with Gasteiger partial charge in [0.05, 0.1) is 13.0 Å². The Morgan fingerprint density at radius 2 is 2.22 bits per heavy atom. The maximum atomic E-state index is 12.5. The summed E-state index contributed by atoms with van der Waals surface area (Å²) in [7, 11) is 1.92. The van der Waals surface area contributed by atoms with Crippen LogP contribution >= 0.6 is 0 Å². The van der Waals surface area contributed by atoms with Gasteiger partial charge in [-0.25, -0.2) is 0 Å². The van der Waals surface area contributed by atoms with Crippen LogP contribution in [0.3, 0.4) is 0 Å². The van der Waals surface area contributed by atoms with E-state index in [1.165, 1.54) is 5.57 Å². The van der Waals surface area contributed by atoms with E-state index in [1.54, 1.807) is 6.08 Å². The second-order valence-electron chi connectivity index (χ2n) is 6.85. The van der Waals surface area contributed by atoms with Crippen LogP contribution in [0.1, 0.15) is 52.9 Å². The van der Waals surface area contributed by atoms with E-state index in [2.05, 4.69) is 32.7 Å². The van der Waals surface area contributed by atoms with Crippen molar-refractivity contribution in [3.8, 4) is 0 Å². The molecule has 0 aliphatic carbocycles. The van der Waals surface area contributed by atoms with Gasteiger partial charge in [0.2, 0.25) is 5.91 Å². The zero-order valence-electron chi connectivity index (χ0n) is 15.3. The average Bonchev–Trinajstić information content (AvgIpc) is 2.53. The van der Waals surface area contributed by atoms with Crippen LogP contribution < -0.4 is 5.32 Å². The minimum Gasteiger partial charge on any atom is -0.392 e. The van der Waals surface area contributed by atoms with Gasteiger partial charge in [0.1, 0.15) is 0 Å². The lowest BCUT2D eigenvalue weighted by molar-refractivity contribution is -0.133. The second-order valence-corrected chi connectivity index (χ2v) is 6.85. The first-order valence-electron chi connectivity index (χ1n) is 8.86. The van der Waals surface area contributed by atoms with Crippen molar-refractivity contribution < 1.29 is 9.90 Å². The van der Waals surface area contributed by atoms with Crippen LogP contribution in [-0.4, -0.2) is 42.2 Å². The molecule has 4 heteroatoms. The Balaban J connectivity index is 2.68. The summed E-state index contributed by atoms with van der Waals surface area (Å²) in [5.41, 5.74) is 2.15. The van der Waals surface area contributed by atoms with Gasteiger partial charge in [-0.2, -0.15) is 0 Å². The number of carbonyl (C=O) groups is 1. The summed E-state index contributed by atoms with van der Waals surface area (Å²) in [6.07, 6.45) is 6.23. The highest BCUT2D eigenvalue weighted by Crippen LogP contribution is 2.28. The predicted molar refractivity (Wildman–Crippen MR) is 96.0 cm³/mol. The summed E-state index contributed by atoms with van der Waals surface area (Å²) < 4.78 is 0. The molecule has 1 rings (SSSR count). The molecule has 1 aliphatic rings. The molecular weight excluding hydrogens is 288 g/mol. The number of nitrogens with one attached hydrogen (secondary N) is 1. The first-order valence-corrected chi connectivity index (χ1v) is 8.86. The molecule has 0 aromatic carbocycles. The number of nitrogens with zero attached hydrogens (tertiary/aromatic N) is 1. The van der Waals surface area contributed by atoms with E-state index < -0.39 is 0 Å². The van der Waals surface area contributed by atoms with Gasteiger partial charge >= 0.3 is 0 Å². The number of aliphatic hydroxyl groups excluding tert-OH is 1. The lowest BCUT2D eigenvalue weighted by Gasteiger charge is -2.38. The van der Waals surface area contributed by atoms with Gasteiger partial charge in [-0.05, 0) is 43.6 Å². The van der Waals surface area contributed by atoms with Gasteiger partial charge in [0, 0.05) is 25.3 Å². The molecule has 1 fully saturated rings. The lowest BCUT2D eigenvalue weighted by Crippen LogP contribution is -2.46. The van der Waals surface area contributed by atoms with E-state index in [0.717, 1.165) is 37.9 Å². The Labute approximate surface area is 141 Å². The Hall–Kier alpha value is -1.29. The molecule has 0 radical (unpaired) electrons. The number of amides is 1. The lowest BCUT2D eigenvalue weighted by atomic mass is 9.82. The second kappa shape index (κ2) is 9.76. The van der Waals surface area contributed by atoms with E-state index in [0.29, 0.717) is 18.3 Å². The average molecular weight is 322 g/mol. The van der Waals surface area contributed by atoms with Crippen LogP contribution in [0.5, 0.6) is 0 Å². The van der Waals surface area contributed by atoms with Crippen LogP contribution in [-0.2, 0) is 4.79 Å². The minimum atomic E-state index is -0.0302. The largest absolute Gasteiger partial charge is 0.392 e. The number of rotatable bonds is 7. The zero-order valence-corrected chi connectivity index (χ0v) is 15.3. The first kappa shape index (κ1) is 19.8. The molecule has 4 nitrogen and oxygen atoms in total. The molecule has 132 valence electrons. The summed E-state index contributed by atoms with van der Waals surface area (Å²) in [4.78, 5) is 14.4. The smallest absolute Gasteiger partial charge is 0.228 e. The van der Waals surface area contributed by atoms with Gasteiger partial charge in [0.25, 0.3) is 0 Å². The number of aliphatic hydroxyl groups is 1. The molecule has 23 heavy (non-hydrogen) atoms. The molecule has 1 amide bonds. The topological polar surface area (TPSA) is 52.6 Å². The number of hydrogen-bond acceptors (Lipinski definition) is 3. The zero-order chi connectivity index (χ0) is 17.4. The maximum absolute atomic E-state index is 12.5. The molecule has 2 unspecified atom stereocenters. The van der Waals surface area contributed by atoms with Gasteiger partial charge in [-0.15, -0.1) is 0 Å². The molecule has 3 atom stereocenters. The third kappa shape index (κ3) is 6.02. The van der Waals surface area contributed by atoms with Crippen molar-refractivity contribution in [3.63, 3.8) is 0 Å². The van der Waals surface area contributed by atoms with Gasteiger partial charge in [-0.1, -0.05) is 32.9 Å². The Kier molecular flexibility index (Phi) is 8.38. The molecule has 0 spiro atoms. The van der Waals surface area contributed by atoms with E-state index >= 15 is 0 Å². The van der Waals surface area contributed by atoms with E-state index in [4.69, 9.17) is 5.11 Å². The standard InChI is InChI=1S/C19H34N2O2/c1-6-14(2)7-8-15(3)16(4)18-9-11-20-17(10-12-22)13-19(23)21(18)5/h10,15-16,18,20,22H,2,6-9,11-13H2,1,3-5H3/t15?,16-,18?/m1/s1. The van der Waals surface area contributed by atoms with Crippen LogP contribution in [0, 0.1) is 11.8 Å². The molecule has 1 heterocycles. The van der Waals surface area contributed by atoms with Crippen LogP contribution in [0.4, 0.5) is 0 Å². The highest BCUT2D eigenvalue weighted by Gasteiger charge is 2.30. The van der Waals surface area contributed by atoms with Crippen molar-refractivity contribution in [2.75, 3.05) is 20.2 Å². The fourth-order valence-electron chi connectivity index (χ4n) is 3.23. The monoisotopic (exact) mass is 322 g/mol. The van der Waals surface area contributed by atoms with E-state index in [1.807, 2.05) is 11.9 Å². The van der Waals surface area contributed by atoms with Gasteiger partial charge in [0.15, 0.2) is 0 Å². The molecule has 0 aromatic rings. The van der Waals surface area contributed by atoms with E-state index in [9.17, 15) is 4.79 Å². The number of hydrogen-bond donors (Lipinski definition) is 2. The maximum Gasteiger partial charge on any atom is 0.228 e. The SMILES string of the molecule is C=C(CC)CCC(C)[C@@H](C)C1CCNC(=CCO)CC(=O)N1C. The molecule has 0 bridgehead atoms. The predicted octanol–water partition coefficient (Wildman–Crippen LogP) is 3.09. The highest BCUT2D eigenvalue weighted by atomic mass is 16.2. The normalized spacial score (nSPS) is 23.9. The molecule has 2 N–H and O–H groups in total. The molecular formula is C19H34N2O2. The first-order chi connectivity index (χ1) is 10.9. The molecule has 1 saturated heterocycles. The van der Waals surface area contributed by atoms with Crippen molar-refractivity contribution >= 4 is 5.91 Å². The molecule has 0 aromatic heterocycles. The highest BCUT2D eigenvalue weighted by molar-refractivity contribution is 5.78. The third-order valence-corrected chi connectivity index (χ3v) is 5.32. The Morgan fingerprint density at radius 3 is 2.83 bits per heavy atom. The fraction of sp³-hybridized carbons (Fsp3) is 0.737. The van der Waals surface area contributed by atoms with Crippen LogP contribution in [0.2, 0.25) is 0 Å². The van der Waals surface area contributed by atoms with Crippen molar-refractivity contribution in [2.45, 2.75) is 58.9 Å². The quantitative estimate of drug-likeness (QED) is 0.708. The van der Waals surface area contributed by atoms with E-state index in [-0.39, 0.29) is 18.6 Å². The summed E-state index contributed by atoms with van der Waals surface area (Å²) in [5.74, 6) is 1.14. The summed E-state index contributed by atoms with van der Waals surface area (Å²) in [6, 6.07) is 0.260. The fourth-order valence-corrected chi connectivity index (χ4v) is 3.23. The van der Waals surface area contributed by atoms with Crippen molar-refractivity contribution in [3.05, 3.63) is 23.9 Å². The Morgan fingerprint density at radius 1 is 1.52 bits per heavy atom. The minimum absolute atomic E-state index is 0.0302. The third-order valence-electron chi connectivity index (χ3n) is 5.32. The summed E-state index contributed by atoms with van der Waals surface area (Å²) >= 11 is 0. The van der Waals surface area contributed by atoms with Crippen LogP contribution in [0.15, 0.2) is 23.9 Å². The molecule has 1 aliphatic heterocycles. The van der Waals surface area contributed by atoms with Crippen LogP contribution in [0.25, 0.3) is 0 Å². The summed E-state index contributed by atoms with van der Waals surface area (Å²) in [5, 5.41) is 12.3. The summed E-state index contributed by atoms with van der Waals surface area (Å²) in [6.45, 7) is 11.6. The Bertz CT molecular complexity index is 431.